The van der Waals surface area contributed by atoms with Gasteiger partial charge in [0.2, 0.25) is 8.32 Å². The molecule has 134 valence electrons. The number of hydrogen-bond acceptors (Lipinski definition) is 3. The molecule has 0 radical (unpaired) electrons. The Bertz CT molecular complexity index is 549. The Balaban J connectivity index is 2.39. The molecule has 0 spiro atoms. The van der Waals surface area contributed by atoms with Crippen molar-refractivity contribution in [3.63, 3.8) is 0 Å². The van der Waals surface area contributed by atoms with Crippen molar-refractivity contribution in [2.75, 3.05) is 6.54 Å². The number of hydrogen-bond donors (Lipinski definition) is 0. The van der Waals surface area contributed by atoms with Crippen molar-refractivity contribution < 1.29 is 9.22 Å². The second kappa shape index (κ2) is 7.54. The molecule has 0 saturated carbocycles. The van der Waals surface area contributed by atoms with Crippen molar-refractivity contribution >= 4 is 22.5 Å². The van der Waals surface area contributed by atoms with E-state index >= 15 is 0 Å². The molecule has 1 aromatic rings. The van der Waals surface area contributed by atoms with Gasteiger partial charge in [-0.1, -0.05) is 56.4 Å². The summed E-state index contributed by atoms with van der Waals surface area (Å²) in [4.78, 5) is 13.1. The molecule has 2 unspecified atom stereocenters. The average molecular weight is 364 g/mol. The van der Waals surface area contributed by atoms with Crippen LogP contribution >= 0.6 is 0 Å². The minimum atomic E-state index is -1.90. The number of piperidine rings is 1. The minimum Gasteiger partial charge on any atom is -0.519 e. The monoisotopic (exact) mass is 363 g/mol. The Morgan fingerprint density at radius 3 is 2.25 bits per heavy atom. The van der Waals surface area contributed by atoms with Crippen LogP contribution in [-0.4, -0.2) is 39.7 Å². The molecule has 5 heteroatoms. The second-order valence-corrected chi connectivity index (χ2v) is 18.2. The molecule has 1 saturated heterocycles. The molecule has 1 heterocycles. The summed E-state index contributed by atoms with van der Waals surface area (Å²) in [6.07, 6.45) is 3.53. The molecule has 0 bridgehead atoms. The predicted octanol–water partition coefficient (Wildman–Crippen LogP) is 4.84. The normalized spacial score (nSPS) is 21.3. The maximum atomic E-state index is 13.1. The summed E-state index contributed by atoms with van der Waals surface area (Å²) in [6, 6.07) is 10.5. The van der Waals surface area contributed by atoms with Crippen LogP contribution in [0.15, 0.2) is 30.3 Å². The first kappa shape index (κ1) is 19.4. The second-order valence-electron chi connectivity index (χ2n) is 8.85. The highest BCUT2D eigenvalue weighted by molar-refractivity contribution is 6.73. The van der Waals surface area contributed by atoms with Gasteiger partial charge in [-0.05, 0) is 44.6 Å². The Hall–Kier alpha value is -0.916. The fourth-order valence-corrected chi connectivity index (χ4v) is 6.51. The van der Waals surface area contributed by atoms with Crippen LogP contribution in [0.25, 0.3) is 0 Å². The zero-order valence-electron chi connectivity index (χ0n) is 16.1. The van der Waals surface area contributed by atoms with E-state index in [-0.39, 0.29) is 17.9 Å². The van der Waals surface area contributed by atoms with Crippen LogP contribution in [0, 0.1) is 0 Å². The molecular weight excluding hydrogens is 330 g/mol. The highest BCUT2D eigenvalue weighted by Crippen LogP contribution is 2.35. The van der Waals surface area contributed by atoms with E-state index in [2.05, 4.69) is 56.0 Å². The first-order chi connectivity index (χ1) is 11.1. The molecule has 1 aliphatic rings. The molecular formula is C19H33NO2Si2. The van der Waals surface area contributed by atoms with Crippen LogP contribution in [0.4, 0.5) is 0 Å². The van der Waals surface area contributed by atoms with Crippen molar-refractivity contribution in [3.8, 4) is 0 Å². The standard InChI is InChI=1S/C19H33NO2Si2/c1-23(2,3)20-15-11-10-14-17(20)18(16-12-8-7-9-13-16)19(21)22-24(4,5)6/h7-9,12-13,17-18H,10-11,14-15H2,1-6H3. The van der Waals surface area contributed by atoms with Gasteiger partial charge in [-0.25, -0.2) is 0 Å². The van der Waals surface area contributed by atoms with Crippen LogP contribution in [0.5, 0.6) is 0 Å². The molecule has 0 aromatic heterocycles. The zero-order valence-corrected chi connectivity index (χ0v) is 18.1. The topological polar surface area (TPSA) is 29.5 Å². The van der Waals surface area contributed by atoms with E-state index in [0.717, 1.165) is 18.5 Å². The van der Waals surface area contributed by atoms with Crippen LogP contribution in [0.3, 0.4) is 0 Å². The van der Waals surface area contributed by atoms with E-state index in [1.807, 2.05) is 18.2 Å². The van der Waals surface area contributed by atoms with E-state index in [1.165, 1.54) is 12.8 Å². The molecule has 2 atom stereocenters. The maximum absolute atomic E-state index is 13.1. The first-order valence-electron chi connectivity index (χ1n) is 9.14. The summed E-state index contributed by atoms with van der Waals surface area (Å²) in [7, 11) is -3.39. The molecule has 1 fully saturated rings. The van der Waals surface area contributed by atoms with Gasteiger partial charge in [0.25, 0.3) is 0 Å². The van der Waals surface area contributed by atoms with Gasteiger partial charge in [0.05, 0.1) is 5.92 Å². The summed E-state index contributed by atoms with van der Waals surface area (Å²) in [5.41, 5.74) is 1.11. The van der Waals surface area contributed by atoms with Crippen LogP contribution in [-0.2, 0) is 9.22 Å². The van der Waals surface area contributed by atoms with Crippen molar-refractivity contribution in [2.45, 2.75) is 70.5 Å². The van der Waals surface area contributed by atoms with Gasteiger partial charge in [0.15, 0.2) is 0 Å². The third-order valence-corrected chi connectivity index (χ3v) is 7.71. The molecule has 2 rings (SSSR count). The van der Waals surface area contributed by atoms with Crippen LogP contribution in [0.1, 0.15) is 30.7 Å². The Morgan fingerprint density at radius 2 is 1.71 bits per heavy atom. The fraction of sp³-hybridized carbons (Fsp3) is 0.632. The third-order valence-electron chi connectivity index (χ3n) is 4.62. The summed E-state index contributed by atoms with van der Waals surface area (Å²) < 4.78 is 8.61. The number of nitrogens with zero attached hydrogens (tertiary/aromatic N) is 1. The summed E-state index contributed by atoms with van der Waals surface area (Å²) in [6.45, 7) is 14.5. The summed E-state index contributed by atoms with van der Waals surface area (Å²) in [5.74, 6) is -0.180. The lowest BCUT2D eigenvalue weighted by Gasteiger charge is -2.46. The van der Waals surface area contributed by atoms with Gasteiger partial charge in [0.1, 0.15) is 8.24 Å². The Morgan fingerprint density at radius 1 is 1.08 bits per heavy atom. The van der Waals surface area contributed by atoms with E-state index in [1.54, 1.807) is 0 Å². The maximum Gasteiger partial charge on any atom is 0.301 e. The number of benzene rings is 1. The predicted molar refractivity (Wildman–Crippen MR) is 106 cm³/mol. The lowest BCUT2D eigenvalue weighted by molar-refractivity contribution is -0.138. The van der Waals surface area contributed by atoms with E-state index in [9.17, 15) is 4.79 Å². The Kier molecular flexibility index (Phi) is 6.10. The number of carbonyl (C=O) groups excluding carboxylic acids is 1. The van der Waals surface area contributed by atoms with Crippen molar-refractivity contribution in [1.29, 1.82) is 0 Å². The van der Waals surface area contributed by atoms with E-state index in [0.29, 0.717) is 0 Å². The van der Waals surface area contributed by atoms with Crippen molar-refractivity contribution in [2.24, 2.45) is 0 Å². The number of rotatable bonds is 5. The fourth-order valence-electron chi connectivity index (χ4n) is 3.68. The highest BCUT2D eigenvalue weighted by atomic mass is 28.4. The van der Waals surface area contributed by atoms with Crippen molar-refractivity contribution in [1.82, 2.24) is 4.57 Å². The van der Waals surface area contributed by atoms with Gasteiger partial charge in [0, 0.05) is 6.04 Å². The molecule has 0 N–H and O–H groups in total. The highest BCUT2D eigenvalue weighted by Gasteiger charge is 2.42. The summed E-state index contributed by atoms with van der Waals surface area (Å²) >= 11 is 0. The van der Waals surface area contributed by atoms with E-state index < -0.39 is 16.6 Å². The largest absolute Gasteiger partial charge is 0.519 e. The lowest BCUT2D eigenvalue weighted by Crippen LogP contribution is -2.57. The van der Waals surface area contributed by atoms with Crippen LogP contribution in [0.2, 0.25) is 39.3 Å². The lowest BCUT2D eigenvalue weighted by atomic mass is 9.86. The molecule has 0 aliphatic carbocycles. The Labute approximate surface area is 149 Å². The van der Waals surface area contributed by atoms with Gasteiger partial charge in [-0.3, -0.25) is 4.79 Å². The number of carbonyl (C=O) groups is 1. The molecule has 3 nitrogen and oxygen atoms in total. The van der Waals surface area contributed by atoms with Gasteiger partial charge >= 0.3 is 5.97 Å². The molecule has 0 amide bonds. The zero-order chi connectivity index (χ0) is 18.0. The van der Waals surface area contributed by atoms with E-state index in [4.69, 9.17) is 4.43 Å². The molecule has 1 aliphatic heterocycles. The SMILES string of the molecule is C[Si](C)(C)OC(=O)C(c1ccccc1)C1CCCCN1[Si](C)(C)C. The third kappa shape index (κ3) is 5.04. The average Bonchev–Trinajstić information content (AvgIpc) is 2.46. The molecule has 24 heavy (non-hydrogen) atoms. The smallest absolute Gasteiger partial charge is 0.301 e. The van der Waals surface area contributed by atoms with Crippen LogP contribution < -0.4 is 0 Å². The van der Waals surface area contributed by atoms with Gasteiger partial charge in [-0.2, -0.15) is 0 Å². The van der Waals surface area contributed by atoms with Gasteiger partial charge < -0.3 is 8.99 Å². The minimum absolute atomic E-state index is 0.0180. The molecule has 1 aromatic carbocycles. The van der Waals surface area contributed by atoms with Crippen molar-refractivity contribution in [3.05, 3.63) is 35.9 Å². The first-order valence-corrected chi connectivity index (χ1v) is 16.0. The summed E-state index contributed by atoms with van der Waals surface area (Å²) in [5, 5.41) is 0. The quantitative estimate of drug-likeness (QED) is 0.701. The van der Waals surface area contributed by atoms with Gasteiger partial charge in [-0.15, -0.1) is 0 Å².